The molecule has 1 N–H and O–H groups in total. The van der Waals surface area contributed by atoms with Gasteiger partial charge >= 0.3 is 0 Å². The van der Waals surface area contributed by atoms with E-state index < -0.39 is 0 Å². The molecule has 2 rings (SSSR count). The predicted molar refractivity (Wildman–Crippen MR) is 79.6 cm³/mol. The molecule has 2 heterocycles. The fourth-order valence-electron chi connectivity index (χ4n) is 2.34. The molecule has 0 fully saturated rings. The minimum atomic E-state index is 0.199. The Morgan fingerprint density at radius 1 is 1.37 bits per heavy atom. The number of nitrogens with one attached hydrogen (secondary N) is 1. The van der Waals surface area contributed by atoms with E-state index in [-0.39, 0.29) is 6.04 Å². The molecule has 0 aromatic carbocycles. The molecule has 0 aliphatic heterocycles. The Balaban J connectivity index is 2.39. The maximum atomic E-state index is 4.55. The van der Waals surface area contributed by atoms with Gasteiger partial charge in [-0.15, -0.1) is 11.3 Å². The largest absolute Gasteiger partial charge is 0.305 e. The van der Waals surface area contributed by atoms with Crippen molar-refractivity contribution in [1.29, 1.82) is 0 Å². The summed E-state index contributed by atoms with van der Waals surface area (Å²) in [5.74, 6) is 0. The van der Waals surface area contributed by atoms with Gasteiger partial charge in [0.2, 0.25) is 0 Å². The second-order valence-corrected chi connectivity index (χ2v) is 5.89. The third kappa shape index (κ3) is 3.04. The van der Waals surface area contributed by atoms with Crippen LogP contribution in [0.5, 0.6) is 0 Å². The zero-order valence-electron chi connectivity index (χ0n) is 12.1. The first kappa shape index (κ1) is 14.2. The molecule has 0 aliphatic carbocycles. The molecule has 19 heavy (non-hydrogen) atoms. The van der Waals surface area contributed by atoms with Crippen molar-refractivity contribution < 1.29 is 0 Å². The maximum absolute atomic E-state index is 4.55. The Bertz CT molecular complexity index is 529. The molecule has 4 nitrogen and oxygen atoms in total. The Labute approximate surface area is 118 Å². The Hall–Kier alpha value is -1.20. The van der Waals surface area contributed by atoms with E-state index in [1.807, 2.05) is 6.20 Å². The topological polar surface area (TPSA) is 42.7 Å². The summed E-state index contributed by atoms with van der Waals surface area (Å²) in [7, 11) is 0. The highest BCUT2D eigenvalue weighted by atomic mass is 32.1. The summed E-state index contributed by atoms with van der Waals surface area (Å²) in [6, 6.07) is 2.31. The number of hydrogen-bond donors (Lipinski definition) is 1. The van der Waals surface area contributed by atoms with Gasteiger partial charge in [0, 0.05) is 12.7 Å². The van der Waals surface area contributed by atoms with Gasteiger partial charge in [0.25, 0.3) is 0 Å². The molecule has 104 valence electrons. The van der Waals surface area contributed by atoms with Gasteiger partial charge in [0.05, 0.1) is 27.3 Å². The molecule has 0 saturated heterocycles. The molecule has 1 atom stereocenters. The number of aryl methyl sites for hydroxylation is 3. The van der Waals surface area contributed by atoms with Gasteiger partial charge in [-0.25, -0.2) is 4.98 Å². The average Bonchev–Trinajstić information content (AvgIpc) is 2.94. The lowest BCUT2D eigenvalue weighted by molar-refractivity contribution is 0.522. The van der Waals surface area contributed by atoms with E-state index >= 15 is 0 Å². The van der Waals surface area contributed by atoms with Crippen LogP contribution >= 0.6 is 11.3 Å². The molecule has 5 heteroatoms. The van der Waals surface area contributed by atoms with Crippen LogP contribution in [-0.4, -0.2) is 21.3 Å². The van der Waals surface area contributed by atoms with Crippen LogP contribution in [0, 0.1) is 13.8 Å². The standard InChI is InChI=1S/C14H22N4S/c1-5-9-18-12(7-8-16-18)13(15-6-2)14-10(3)17-11(4)19-14/h7-8,13,15H,5-6,9H2,1-4H3. The number of aromatic nitrogens is 3. The second-order valence-electron chi connectivity index (χ2n) is 4.65. The van der Waals surface area contributed by atoms with Crippen LogP contribution in [0.2, 0.25) is 0 Å². The first-order valence-electron chi connectivity index (χ1n) is 6.86. The van der Waals surface area contributed by atoms with Crippen molar-refractivity contribution in [3.8, 4) is 0 Å². The van der Waals surface area contributed by atoms with Crippen molar-refractivity contribution >= 4 is 11.3 Å². The number of thiazole rings is 1. The van der Waals surface area contributed by atoms with Crippen molar-refractivity contribution in [2.75, 3.05) is 6.54 Å². The van der Waals surface area contributed by atoms with Crippen molar-refractivity contribution in [2.24, 2.45) is 0 Å². The molecular weight excluding hydrogens is 256 g/mol. The number of nitrogens with zero attached hydrogens (tertiary/aromatic N) is 3. The van der Waals surface area contributed by atoms with Gasteiger partial charge in [-0.05, 0) is 32.9 Å². The average molecular weight is 278 g/mol. The zero-order valence-corrected chi connectivity index (χ0v) is 12.9. The molecule has 2 aromatic heterocycles. The summed E-state index contributed by atoms with van der Waals surface area (Å²) in [6.45, 7) is 10.4. The normalized spacial score (nSPS) is 12.8. The molecule has 0 spiro atoms. The summed E-state index contributed by atoms with van der Waals surface area (Å²) in [4.78, 5) is 5.85. The maximum Gasteiger partial charge on any atom is 0.0900 e. The van der Waals surface area contributed by atoms with E-state index in [0.717, 1.165) is 30.2 Å². The molecular formula is C14H22N4S. The van der Waals surface area contributed by atoms with E-state index in [4.69, 9.17) is 0 Å². The van der Waals surface area contributed by atoms with Crippen LogP contribution in [-0.2, 0) is 6.54 Å². The summed E-state index contributed by atoms with van der Waals surface area (Å²) >= 11 is 1.77. The first-order valence-corrected chi connectivity index (χ1v) is 7.68. The summed E-state index contributed by atoms with van der Waals surface area (Å²) in [6.07, 6.45) is 2.98. The lowest BCUT2D eigenvalue weighted by Crippen LogP contribution is -2.24. The Morgan fingerprint density at radius 2 is 2.16 bits per heavy atom. The SMILES string of the molecule is CCCn1nccc1C(NCC)c1sc(C)nc1C. The number of hydrogen-bond acceptors (Lipinski definition) is 4. The molecule has 0 saturated carbocycles. The lowest BCUT2D eigenvalue weighted by atomic mass is 10.1. The van der Waals surface area contributed by atoms with E-state index in [2.05, 4.69) is 53.8 Å². The van der Waals surface area contributed by atoms with Crippen molar-refractivity contribution in [3.63, 3.8) is 0 Å². The number of rotatable bonds is 6. The van der Waals surface area contributed by atoms with Crippen LogP contribution < -0.4 is 5.32 Å². The van der Waals surface area contributed by atoms with Gasteiger partial charge in [-0.2, -0.15) is 5.10 Å². The van der Waals surface area contributed by atoms with E-state index in [0.29, 0.717) is 0 Å². The summed E-state index contributed by atoms with van der Waals surface area (Å²) in [5.41, 5.74) is 2.35. The summed E-state index contributed by atoms with van der Waals surface area (Å²) in [5, 5.41) is 9.12. The second kappa shape index (κ2) is 6.30. The highest BCUT2D eigenvalue weighted by Crippen LogP contribution is 2.29. The Kier molecular flexibility index (Phi) is 4.71. The van der Waals surface area contributed by atoms with Crippen LogP contribution in [0.25, 0.3) is 0 Å². The van der Waals surface area contributed by atoms with E-state index in [1.165, 1.54) is 10.6 Å². The quantitative estimate of drug-likeness (QED) is 0.883. The van der Waals surface area contributed by atoms with Gasteiger partial charge in [-0.3, -0.25) is 4.68 Å². The van der Waals surface area contributed by atoms with E-state index in [1.54, 1.807) is 11.3 Å². The molecule has 0 aliphatic rings. The monoisotopic (exact) mass is 278 g/mol. The molecule has 0 bridgehead atoms. The van der Waals surface area contributed by atoms with Crippen LogP contribution in [0.1, 0.15) is 47.6 Å². The Morgan fingerprint density at radius 3 is 2.74 bits per heavy atom. The van der Waals surface area contributed by atoms with Crippen LogP contribution in [0.3, 0.4) is 0 Å². The highest BCUT2D eigenvalue weighted by Gasteiger charge is 2.21. The fourth-order valence-corrected chi connectivity index (χ4v) is 3.35. The molecule has 0 amide bonds. The van der Waals surface area contributed by atoms with Gasteiger partial charge in [0.1, 0.15) is 0 Å². The smallest absolute Gasteiger partial charge is 0.0900 e. The fraction of sp³-hybridized carbons (Fsp3) is 0.571. The minimum Gasteiger partial charge on any atom is -0.305 e. The third-order valence-corrected chi connectivity index (χ3v) is 4.23. The zero-order chi connectivity index (χ0) is 13.8. The van der Waals surface area contributed by atoms with E-state index in [9.17, 15) is 0 Å². The summed E-state index contributed by atoms with van der Waals surface area (Å²) < 4.78 is 2.10. The first-order chi connectivity index (χ1) is 9.17. The van der Waals surface area contributed by atoms with Crippen molar-refractivity contribution in [1.82, 2.24) is 20.1 Å². The van der Waals surface area contributed by atoms with Gasteiger partial charge in [0.15, 0.2) is 0 Å². The van der Waals surface area contributed by atoms with Crippen molar-refractivity contribution in [2.45, 2.75) is 46.7 Å². The predicted octanol–water partition coefficient (Wildman–Crippen LogP) is 3.07. The van der Waals surface area contributed by atoms with Crippen LogP contribution in [0.15, 0.2) is 12.3 Å². The molecule has 0 radical (unpaired) electrons. The lowest BCUT2D eigenvalue weighted by Gasteiger charge is -2.18. The van der Waals surface area contributed by atoms with Gasteiger partial charge in [-0.1, -0.05) is 13.8 Å². The van der Waals surface area contributed by atoms with Crippen LogP contribution in [0.4, 0.5) is 0 Å². The molecule has 1 unspecified atom stereocenters. The van der Waals surface area contributed by atoms with Crippen molar-refractivity contribution in [3.05, 3.63) is 33.5 Å². The third-order valence-electron chi connectivity index (χ3n) is 3.09. The molecule has 2 aromatic rings. The highest BCUT2D eigenvalue weighted by molar-refractivity contribution is 7.11. The minimum absolute atomic E-state index is 0.199. The van der Waals surface area contributed by atoms with Gasteiger partial charge < -0.3 is 5.32 Å².